The van der Waals surface area contributed by atoms with Crippen LogP contribution in [0.5, 0.6) is 5.75 Å². The summed E-state index contributed by atoms with van der Waals surface area (Å²) in [5.74, 6) is -0.266. The van der Waals surface area contributed by atoms with Crippen LogP contribution < -0.4 is 15.4 Å². The van der Waals surface area contributed by atoms with E-state index in [1.165, 1.54) is 0 Å². The molecule has 0 aromatic heterocycles. The first-order valence-electron chi connectivity index (χ1n) is 15.5. The fraction of sp³-hybridized carbons (Fsp3) is 0.417. The number of ether oxygens (including phenoxy) is 2. The van der Waals surface area contributed by atoms with Crippen LogP contribution in [-0.2, 0) is 33.8 Å². The second kappa shape index (κ2) is 15.9. The van der Waals surface area contributed by atoms with Crippen molar-refractivity contribution in [3.63, 3.8) is 0 Å². The van der Waals surface area contributed by atoms with Crippen LogP contribution in [0.25, 0.3) is 0 Å². The topological polar surface area (TPSA) is 97.0 Å². The number of carbonyl (C=O) groups is 3. The molecule has 8 nitrogen and oxygen atoms in total. The number of nitrogens with one attached hydrogen (secondary N) is 2. The maximum atomic E-state index is 13.8. The Labute approximate surface area is 261 Å². The van der Waals surface area contributed by atoms with Crippen molar-refractivity contribution in [2.75, 3.05) is 13.1 Å². The summed E-state index contributed by atoms with van der Waals surface area (Å²) in [6.45, 7) is 7.16. The lowest BCUT2D eigenvalue weighted by Gasteiger charge is -2.28. The van der Waals surface area contributed by atoms with Gasteiger partial charge in [-0.15, -0.1) is 0 Å². The van der Waals surface area contributed by atoms with Crippen molar-refractivity contribution in [2.24, 2.45) is 0 Å². The van der Waals surface area contributed by atoms with E-state index in [1.54, 1.807) is 25.7 Å². The monoisotopic (exact) mass is 599 g/mol. The van der Waals surface area contributed by atoms with Gasteiger partial charge in [-0.1, -0.05) is 85.6 Å². The highest BCUT2D eigenvalue weighted by atomic mass is 16.6. The number of nitrogens with zero attached hydrogens (tertiary/aromatic N) is 1. The number of likely N-dealkylation sites (tertiary alicyclic amines) is 1. The minimum absolute atomic E-state index is 0.220. The summed E-state index contributed by atoms with van der Waals surface area (Å²) in [6, 6.07) is 24.9. The lowest BCUT2D eigenvalue weighted by molar-refractivity contribution is -0.158. The third-order valence-electron chi connectivity index (χ3n) is 7.41. The highest BCUT2D eigenvalue weighted by Crippen LogP contribution is 2.18. The first-order chi connectivity index (χ1) is 21.2. The van der Waals surface area contributed by atoms with E-state index in [9.17, 15) is 14.4 Å². The maximum absolute atomic E-state index is 13.8. The van der Waals surface area contributed by atoms with Gasteiger partial charge in [0.15, 0.2) is 0 Å². The van der Waals surface area contributed by atoms with Crippen molar-refractivity contribution < 1.29 is 23.9 Å². The number of urea groups is 1. The minimum atomic E-state index is -0.953. The molecule has 0 bridgehead atoms. The Hall–Kier alpha value is -4.33. The highest BCUT2D eigenvalue weighted by Gasteiger charge is 2.31. The van der Waals surface area contributed by atoms with Gasteiger partial charge in [0, 0.05) is 25.9 Å². The summed E-state index contributed by atoms with van der Waals surface area (Å²) in [5, 5.41) is 5.87. The molecule has 1 unspecified atom stereocenters. The van der Waals surface area contributed by atoms with E-state index in [-0.39, 0.29) is 12.5 Å². The maximum Gasteiger partial charge on any atom is 0.329 e. The number of rotatable bonds is 11. The summed E-state index contributed by atoms with van der Waals surface area (Å²) >= 11 is 0. The van der Waals surface area contributed by atoms with Gasteiger partial charge in [0.05, 0.1) is 0 Å². The Balaban J connectivity index is 1.48. The Morgan fingerprint density at radius 2 is 1.25 bits per heavy atom. The van der Waals surface area contributed by atoms with E-state index in [1.807, 2.05) is 84.9 Å². The smallest absolute Gasteiger partial charge is 0.329 e. The quantitative estimate of drug-likeness (QED) is 0.270. The van der Waals surface area contributed by atoms with Gasteiger partial charge in [-0.2, -0.15) is 0 Å². The van der Waals surface area contributed by atoms with Crippen LogP contribution in [0.1, 0.15) is 63.1 Å². The van der Waals surface area contributed by atoms with Crippen molar-refractivity contribution in [3.8, 4) is 5.75 Å². The van der Waals surface area contributed by atoms with E-state index in [2.05, 4.69) is 10.6 Å². The van der Waals surface area contributed by atoms with E-state index < -0.39 is 29.6 Å². The van der Waals surface area contributed by atoms with Gasteiger partial charge >= 0.3 is 12.0 Å². The first kappa shape index (κ1) is 32.6. The van der Waals surface area contributed by atoms with Gasteiger partial charge in [-0.05, 0) is 62.4 Å². The Morgan fingerprint density at radius 1 is 0.705 bits per heavy atom. The predicted molar refractivity (Wildman–Crippen MR) is 171 cm³/mol. The normalized spacial score (nSPS) is 14.9. The molecule has 8 heteroatoms. The molecular formula is C36H45N3O5. The molecule has 0 saturated carbocycles. The van der Waals surface area contributed by atoms with Gasteiger partial charge in [0.1, 0.15) is 30.0 Å². The number of esters is 1. The van der Waals surface area contributed by atoms with Gasteiger partial charge in [-0.25, -0.2) is 9.59 Å². The molecule has 2 atom stereocenters. The molecule has 0 spiro atoms. The molecule has 234 valence electrons. The van der Waals surface area contributed by atoms with Crippen LogP contribution in [0.15, 0.2) is 84.9 Å². The summed E-state index contributed by atoms with van der Waals surface area (Å²) in [5.41, 5.74) is 2.07. The Morgan fingerprint density at radius 3 is 1.84 bits per heavy atom. The predicted octanol–water partition coefficient (Wildman–Crippen LogP) is 5.83. The van der Waals surface area contributed by atoms with E-state index in [0.717, 1.165) is 42.4 Å². The summed E-state index contributed by atoms with van der Waals surface area (Å²) < 4.78 is 11.6. The molecule has 44 heavy (non-hydrogen) atoms. The minimum Gasteiger partial charge on any atom is -0.489 e. The van der Waals surface area contributed by atoms with Crippen LogP contribution in [0.4, 0.5) is 4.79 Å². The van der Waals surface area contributed by atoms with Crippen LogP contribution in [0.2, 0.25) is 0 Å². The van der Waals surface area contributed by atoms with Gasteiger partial charge in [-0.3, -0.25) is 4.79 Å². The summed E-state index contributed by atoms with van der Waals surface area (Å²) in [6.07, 6.45) is 4.59. The number of amides is 3. The lowest BCUT2D eigenvalue weighted by Crippen LogP contribution is -2.56. The number of benzene rings is 3. The molecule has 3 amide bonds. The molecule has 4 rings (SSSR count). The van der Waals surface area contributed by atoms with E-state index in [4.69, 9.17) is 9.47 Å². The molecule has 0 radical (unpaired) electrons. The molecule has 0 aliphatic carbocycles. The Bertz CT molecular complexity index is 1330. The highest BCUT2D eigenvalue weighted by molar-refractivity contribution is 5.91. The van der Waals surface area contributed by atoms with E-state index in [0.29, 0.717) is 31.9 Å². The number of carbonyl (C=O) groups excluding carboxylic acids is 3. The molecule has 1 heterocycles. The molecule has 1 aliphatic rings. The molecule has 3 aromatic rings. The van der Waals surface area contributed by atoms with Crippen molar-refractivity contribution >= 4 is 17.9 Å². The lowest BCUT2D eigenvalue weighted by atomic mass is 10.0. The van der Waals surface area contributed by atoms with Crippen LogP contribution in [0.3, 0.4) is 0 Å². The first-order valence-corrected chi connectivity index (χ1v) is 15.5. The fourth-order valence-corrected chi connectivity index (χ4v) is 5.11. The largest absolute Gasteiger partial charge is 0.489 e. The molecule has 2 N–H and O–H groups in total. The van der Waals surface area contributed by atoms with Crippen molar-refractivity contribution in [1.29, 1.82) is 0 Å². The van der Waals surface area contributed by atoms with Crippen molar-refractivity contribution in [2.45, 2.75) is 83.6 Å². The van der Waals surface area contributed by atoms with Crippen molar-refractivity contribution in [3.05, 3.63) is 102 Å². The zero-order valence-electron chi connectivity index (χ0n) is 26.1. The number of hydrogen-bond donors (Lipinski definition) is 2. The third kappa shape index (κ3) is 10.7. The second-order valence-electron chi connectivity index (χ2n) is 12.3. The van der Waals surface area contributed by atoms with Gasteiger partial charge in [0.25, 0.3) is 0 Å². The third-order valence-corrected chi connectivity index (χ3v) is 7.41. The molecule has 1 fully saturated rings. The standard InChI is InChI=1S/C36H45N3O5/c1-36(2,3)44-34(41)32(25-28-18-20-30(21-19-28)43-26-29-16-10-7-11-17-29)37-33(40)31(24-27-14-8-6-9-15-27)38-35(42)39-22-12-4-5-13-23-39/h6-11,14-21,31-32H,4-5,12-13,22-26H2,1-3H3,(H,37,40)(H,38,42)/t31-,32?/m1/s1. The SMILES string of the molecule is CC(C)(C)OC(=O)C(Cc1ccc(OCc2ccccc2)cc1)NC(=O)[C@@H](Cc1ccccc1)NC(=O)N1CCCCCC1. The summed E-state index contributed by atoms with van der Waals surface area (Å²) in [7, 11) is 0. The average molecular weight is 600 g/mol. The molecule has 1 saturated heterocycles. The van der Waals surface area contributed by atoms with E-state index >= 15 is 0 Å². The zero-order valence-corrected chi connectivity index (χ0v) is 26.1. The zero-order chi connectivity index (χ0) is 31.4. The molecule has 1 aliphatic heterocycles. The van der Waals surface area contributed by atoms with Gasteiger partial charge < -0.3 is 25.0 Å². The van der Waals surface area contributed by atoms with Crippen LogP contribution in [0, 0.1) is 0 Å². The van der Waals surface area contributed by atoms with Crippen molar-refractivity contribution in [1.82, 2.24) is 15.5 Å². The summed E-state index contributed by atoms with van der Waals surface area (Å²) in [4.78, 5) is 42.2. The molecular weight excluding hydrogens is 554 g/mol. The van der Waals surface area contributed by atoms with Crippen LogP contribution in [-0.4, -0.2) is 53.6 Å². The number of hydrogen-bond acceptors (Lipinski definition) is 5. The van der Waals surface area contributed by atoms with Gasteiger partial charge in [0.2, 0.25) is 5.91 Å². The second-order valence-corrected chi connectivity index (χ2v) is 12.3. The fourth-order valence-electron chi connectivity index (χ4n) is 5.11. The average Bonchev–Trinajstić information content (AvgIpc) is 3.30. The van der Waals surface area contributed by atoms with Crippen LogP contribution >= 0.6 is 0 Å². The Kier molecular flexibility index (Phi) is 11.8. The molecule has 3 aromatic carbocycles.